The molecule has 2 fully saturated rings. The van der Waals surface area contributed by atoms with Crippen LogP contribution in [0.1, 0.15) is 81.6 Å². The van der Waals surface area contributed by atoms with Crippen molar-refractivity contribution in [3.8, 4) is 0 Å². The average molecular weight is 763 g/mol. The molecule has 1 aliphatic heterocycles. The van der Waals surface area contributed by atoms with Gasteiger partial charge in [0.05, 0.1) is 10.9 Å². The molecule has 13 nitrogen and oxygen atoms in total. The number of ketones is 1. The summed E-state index contributed by atoms with van der Waals surface area (Å²) in [5, 5.41) is 10.9. The summed E-state index contributed by atoms with van der Waals surface area (Å²) < 4.78 is 41.5. The number of hydrogen-bond acceptors (Lipinski definition) is 7. The number of benzene rings is 1. The lowest BCUT2D eigenvalue weighted by molar-refractivity contribution is -0.145. The minimum absolute atomic E-state index is 0.0122. The highest BCUT2D eigenvalue weighted by molar-refractivity contribution is 7.89. The van der Waals surface area contributed by atoms with Gasteiger partial charge in [-0.1, -0.05) is 87.3 Å². The van der Waals surface area contributed by atoms with Gasteiger partial charge in [0.1, 0.15) is 17.9 Å². The summed E-state index contributed by atoms with van der Waals surface area (Å²) in [5.74, 6) is -3.49. The molecular weight excluding hydrogens is 704 g/mol. The zero-order valence-electron chi connectivity index (χ0n) is 32.8. The van der Waals surface area contributed by atoms with Crippen molar-refractivity contribution >= 4 is 39.6 Å². The molecule has 4 N–H and O–H groups in total. The van der Waals surface area contributed by atoms with Crippen LogP contribution in [0.3, 0.4) is 0 Å². The lowest BCUT2D eigenvalue weighted by Gasteiger charge is -2.39. The first kappa shape index (κ1) is 43.6. The number of urea groups is 1. The number of sulfonamides is 1. The zero-order valence-corrected chi connectivity index (χ0v) is 33.7. The molecule has 2 aliphatic rings. The van der Waals surface area contributed by atoms with E-state index < -0.39 is 80.4 Å². The molecule has 6 atom stereocenters. The third-order valence-electron chi connectivity index (χ3n) is 10.6. The number of nitrogens with zero attached hydrogens (tertiary/aromatic N) is 2. The van der Waals surface area contributed by atoms with E-state index in [0.717, 1.165) is 22.9 Å². The number of hydrogen-bond donors (Lipinski definition) is 4. The molecule has 0 radical (unpaired) electrons. The maximum atomic E-state index is 14.5. The number of Topliss-reactive ketones (excluding diaryl/α,β-unsaturated/α-hetero) is 1. The topological polar surface area (TPSA) is 174 Å². The SMILES string of the molecule is C=CCNC(=O)C(=O)C(CCCC)NC(=O)[C@@H]1[C@@H]2[C@H](CN1C(=O)[C@@H](NC(=O)N[C@H](CN(C)S(=O)(=O)c1cccc(F)c1)C(C)(C)C)C(C)(C)C)C2(C)C. The first-order chi connectivity index (χ1) is 24.4. The van der Waals surface area contributed by atoms with E-state index >= 15 is 0 Å². The second-order valence-corrected chi connectivity index (χ2v) is 19.1. The summed E-state index contributed by atoms with van der Waals surface area (Å²) in [6, 6.07) is 0.104. The highest BCUT2D eigenvalue weighted by Gasteiger charge is 2.70. The fourth-order valence-corrected chi connectivity index (χ4v) is 8.22. The predicted octanol–water partition coefficient (Wildman–Crippen LogP) is 3.60. The van der Waals surface area contributed by atoms with Crippen LogP contribution in [-0.4, -0.2) is 98.0 Å². The number of halogens is 1. The van der Waals surface area contributed by atoms with E-state index in [1.807, 2.05) is 41.5 Å². The van der Waals surface area contributed by atoms with Crippen LogP contribution in [0.25, 0.3) is 0 Å². The summed E-state index contributed by atoms with van der Waals surface area (Å²) in [7, 11) is -2.75. The predicted molar refractivity (Wildman–Crippen MR) is 200 cm³/mol. The second kappa shape index (κ2) is 16.7. The van der Waals surface area contributed by atoms with E-state index in [4.69, 9.17) is 0 Å². The van der Waals surface area contributed by atoms with Gasteiger partial charge in [-0.25, -0.2) is 17.6 Å². The van der Waals surface area contributed by atoms with Crippen molar-refractivity contribution in [3.05, 3.63) is 42.7 Å². The van der Waals surface area contributed by atoms with Crippen LogP contribution < -0.4 is 21.3 Å². The van der Waals surface area contributed by atoms with Crippen molar-refractivity contribution in [1.82, 2.24) is 30.5 Å². The van der Waals surface area contributed by atoms with E-state index in [1.54, 1.807) is 20.8 Å². The Hall–Kier alpha value is -3.85. The van der Waals surface area contributed by atoms with Crippen LogP contribution in [0, 0.1) is 33.9 Å². The molecule has 15 heteroatoms. The van der Waals surface area contributed by atoms with Crippen LogP contribution >= 0.6 is 0 Å². The Morgan fingerprint density at radius 3 is 2.25 bits per heavy atom. The Morgan fingerprint density at radius 2 is 1.70 bits per heavy atom. The van der Waals surface area contributed by atoms with Gasteiger partial charge in [-0.3, -0.25) is 19.2 Å². The second-order valence-electron chi connectivity index (χ2n) is 17.0. The molecule has 1 unspecified atom stereocenters. The molecule has 0 aromatic heterocycles. The van der Waals surface area contributed by atoms with Crippen molar-refractivity contribution in [2.75, 3.05) is 26.7 Å². The zero-order chi connectivity index (χ0) is 40.3. The van der Waals surface area contributed by atoms with E-state index in [9.17, 15) is 36.8 Å². The minimum Gasteiger partial charge on any atom is -0.346 e. The number of carbonyl (C=O) groups excluding carboxylic acids is 5. The Labute approximate surface area is 314 Å². The monoisotopic (exact) mass is 762 g/mol. The molecule has 5 amide bonds. The lowest BCUT2D eigenvalue weighted by Crippen LogP contribution is -2.62. The summed E-state index contributed by atoms with van der Waals surface area (Å²) >= 11 is 0. The first-order valence-electron chi connectivity index (χ1n) is 18.2. The summed E-state index contributed by atoms with van der Waals surface area (Å²) in [6.45, 7) is 20.6. The number of carbonyl (C=O) groups is 5. The third-order valence-corrected chi connectivity index (χ3v) is 12.4. The van der Waals surface area contributed by atoms with Crippen LogP contribution in [0.15, 0.2) is 41.8 Å². The van der Waals surface area contributed by atoms with Crippen LogP contribution in [-0.2, 0) is 29.2 Å². The number of likely N-dealkylation sites (tertiary alicyclic amines) is 1. The number of likely N-dealkylation sites (N-methyl/N-ethyl adjacent to an activating group) is 1. The van der Waals surface area contributed by atoms with Crippen LogP contribution in [0.5, 0.6) is 0 Å². The maximum Gasteiger partial charge on any atom is 0.315 e. The maximum absolute atomic E-state index is 14.5. The molecule has 1 saturated carbocycles. The molecule has 1 aromatic rings. The fraction of sp³-hybridized carbons (Fsp3) is 0.658. The van der Waals surface area contributed by atoms with Gasteiger partial charge in [0.2, 0.25) is 27.6 Å². The number of piperidine rings is 1. The van der Waals surface area contributed by atoms with Crippen molar-refractivity contribution < 1.29 is 36.8 Å². The van der Waals surface area contributed by atoms with Gasteiger partial charge < -0.3 is 26.2 Å². The van der Waals surface area contributed by atoms with Crippen molar-refractivity contribution in [1.29, 1.82) is 0 Å². The van der Waals surface area contributed by atoms with Gasteiger partial charge in [-0.15, -0.1) is 6.58 Å². The van der Waals surface area contributed by atoms with Gasteiger partial charge in [0.15, 0.2) is 0 Å². The number of amides is 5. The third kappa shape index (κ3) is 10.2. The lowest BCUT2D eigenvalue weighted by atomic mass is 9.85. The molecule has 296 valence electrons. The number of nitrogens with one attached hydrogen (secondary N) is 4. The molecule has 1 aromatic carbocycles. The molecule has 3 rings (SSSR count). The highest BCUT2D eigenvalue weighted by atomic mass is 32.2. The smallest absolute Gasteiger partial charge is 0.315 e. The van der Waals surface area contributed by atoms with Gasteiger partial charge in [0, 0.05) is 32.7 Å². The van der Waals surface area contributed by atoms with E-state index in [0.29, 0.717) is 6.42 Å². The quantitative estimate of drug-likeness (QED) is 0.147. The fourth-order valence-electron chi connectivity index (χ4n) is 7.00. The van der Waals surface area contributed by atoms with Crippen molar-refractivity contribution in [2.24, 2.45) is 28.1 Å². The number of unbranched alkanes of at least 4 members (excludes halogenated alkanes) is 1. The van der Waals surface area contributed by atoms with E-state index in [-0.39, 0.29) is 48.2 Å². The minimum atomic E-state index is -4.10. The summed E-state index contributed by atoms with van der Waals surface area (Å²) in [5.41, 5.74) is -1.72. The molecular formula is C38H59FN6O7S. The Kier molecular flexibility index (Phi) is 13.7. The van der Waals surface area contributed by atoms with E-state index in [2.05, 4.69) is 27.8 Å². The Balaban J connectivity index is 1.84. The molecule has 53 heavy (non-hydrogen) atoms. The van der Waals surface area contributed by atoms with Gasteiger partial charge in [0.25, 0.3) is 5.91 Å². The average Bonchev–Trinajstić information content (AvgIpc) is 3.36. The molecule has 0 bridgehead atoms. The first-order valence-corrected chi connectivity index (χ1v) is 19.7. The summed E-state index contributed by atoms with van der Waals surface area (Å²) in [4.78, 5) is 69.2. The largest absolute Gasteiger partial charge is 0.346 e. The van der Waals surface area contributed by atoms with E-state index in [1.165, 1.54) is 30.2 Å². The normalized spacial score (nSPS) is 21.1. The molecule has 1 saturated heterocycles. The van der Waals surface area contributed by atoms with Crippen LogP contribution in [0.4, 0.5) is 9.18 Å². The standard InChI is InChI=1S/C38H59FN6O7S/c1-12-14-18-26(30(46)33(48)40-19-13-2)41-32(47)29-28-25(38(28,9)10)21-45(29)34(49)31(37(6,7)8)43-35(50)42-27(36(3,4)5)22-44(11)53(51,52)24-17-15-16-23(39)20-24/h13,15-17,20,25-29,31H,2,12,14,18-19,21-22H2,1,3-11H3,(H,40,48)(H,41,47)(H2,42,43,50)/t25-,26?,27+,28-,29-,31+/m0/s1. The van der Waals surface area contributed by atoms with Gasteiger partial charge >= 0.3 is 6.03 Å². The Bertz CT molecular complexity index is 1670. The Morgan fingerprint density at radius 1 is 1.06 bits per heavy atom. The van der Waals surface area contributed by atoms with Gasteiger partial charge in [-0.05, 0) is 52.7 Å². The van der Waals surface area contributed by atoms with Crippen molar-refractivity contribution in [2.45, 2.75) is 111 Å². The van der Waals surface area contributed by atoms with Crippen molar-refractivity contribution in [3.63, 3.8) is 0 Å². The molecule has 1 aliphatic carbocycles. The number of fused-ring (bicyclic) bond motifs is 1. The highest BCUT2D eigenvalue weighted by Crippen LogP contribution is 2.65. The van der Waals surface area contributed by atoms with Gasteiger partial charge in [-0.2, -0.15) is 4.31 Å². The summed E-state index contributed by atoms with van der Waals surface area (Å²) in [6.07, 6.45) is 3.02. The number of rotatable bonds is 16. The van der Waals surface area contributed by atoms with Crippen LogP contribution in [0.2, 0.25) is 0 Å². The molecule has 1 heterocycles. The molecule has 0 spiro atoms.